The van der Waals surface area contributed by atoms with Crippen molar-refractivity contribution in [2.24, 2.45) is 11.7 Å². The summed E-state index contributed by atoms with van der Waals surface area (Å²) in [7, 11) is 0. The third-order valence-corrected chi connectivity index (χ3v) is 5.06. The van der Waals surface area contributed by atoms with Gasteiger partial charge < -0.3 is 15.6 Å². The molecule has 0 saturated heterocycles. The Bertz CT molecular complexity index is 455. The summed E-state index contributed by atoms with van der Waals surface area (Å²) in [5.74, 6) is 1.70. The van der Waals surface area contributed by atoms with E-state index in [0.29, 0.717) is 0 Å². The van der Waals surface area contributed by atoms with E-state index in [2.05, 4.69) is 31.2 Å². The lowest BCUT2D eigenvalue weighted by Gasteiger charge is -2.27. The maximum absolute atomic E-state index is 9.61. The summed E-state index contributed by atoms with van der Waals surface area (Å²) in [4.78, 5) is 0. The summed E-state index contributed by atoms with van der Waals surface area (Å²) in [6.45, 7) is 3.13. The number of hydrogen-bond acceptors (Lipinski definition) is 3. The van der Waals surface area contributed by atoms with Crippen molar-refractivity contribution in [2.45, 2.75) is 76.7 Å². The van der Waals surface area contributed by atoms with Crippen LogP contribution in [0.2, 0.25) is 0 Å². The Labute approximate surface area is 147 Å². The maximum atomic E-state index is 9.61. The fraction of sp³-hybridized carbons (Fsp3) is 0.714. The third kappa shape index (κ3) is 7.23. The molecular formula is C21H35NO2. The number of rotatable bonds is 13. The van der Waals surface area contributed by atoms with Crippen LogP contribution in [0.25, 0.3) is 0 Å². The highest BCUT2D eigenvalue weighted by Gasteiger charge is 2.33. The summed E-state index contributed by atoms with van der Waals surface area (Å²) < 4.78 is 5.80. The van der Waals surface area contributed by atoms with Gasteiger partial charge in [0.2, 0.25) is 0 Å². The van der Waals surface area contributed by atoms with Gasteiger partial charge in [0.15, 0.2) is 0 Å². The molecule has 0 aromatic heterocycles. The van der Waals surface area contributed by atoms with E-state index in [9.17, 15) is 5.11 Å². The molecule has 0 bridgehead atoms. The van der Waals surface area contributed by atoms with Crippen LogP contribution in [0.1, 0.15) is 70.3 Å². The van der Waals surface area contributed by atoms with Gasteiger partial charge in [-0.1, -0.05) is 57.6 Å². The second-order valence-corrected chi connectivity index (χ2v) is 7.57. The summed E-state index contributed by atoms with van der Waals surface area (Å²) in [6.07, 6.45) is 11.6. The monoisotopic (exact) mass is 333 g/mol. The van der Waals surface area contributed by atoms with E-state index in [-0.39, 0.29) is 6.61 Å². The number of unbranched alkanes of at least 4 members (excludes halogenated alkanes) is 4. The fourth-order valence-electron chi connectivity index (χ4n) is 3.18. The van der Waals surface area contributed by atoms with E-state index >= 15 is 0 Å². The molecule has 1 fully saturated rings. The van der Waals surface area contributed by atoms with Crippen LogP contribution in [0.15, 0.2) is 24.3 Å². The SMILES string of the molecule is CCCCCCCOc1ccc(CCC(N)(CO)CC2CC2)cc1. The third-order valence-electron chi connectivity index (χ3n) is 5.06. The molecule has 3 nitrogen and oxygen atoms in total. The molecule has 1 aromatic rings. The standard InChI is InChI=1S/C21H35NO2/c1-2-3-4-5-6-15-24-20-11-9-18(10-12-20)13-14-21(22,17-23)16-19-7-8-19/h9-12,19,23H,2-8,13-17,22H2,1H3. The van der Waals surface area contributed by atoms with Crippen molar-refractivity contribution >= 4 is 0 Å². The molecule has 1 aliphatic carbocycles. The van der Waals surface area contributed by atoms with Gasteiger partial charge in [0.1, 0.15) is 5.75 Å². The van der Waals surface area contributed by atoms with Crippen molar-refractivity contribution in [3.05, 3.63) is 29.8 Å². The highest BCUT2D eigenvalue weighted by Crippen LogP contribution is 2.37. The lowest BCUT2D eigenvalue weighted by molar-refractivity contribution is 0.172. The minimum absolute atomic E-state index is 0.0860. The molecule has 1 aromatic carbocycles. The highest BCUT2D eigenvalue weighted by atomic mass is 16.5. The van der Waals surface area contributed by atoms with Crippen LogP contribution >= 0.6 is 0 Å². The molecule has 1 unspecified atom stereocenters. The first-order chi connectivity index (χ1) is 11.6. The fourth-order valence-corrected chi connectivity index (χ4v) is 3.18. The van der Waals surface area contributed by atoms with Gasteiger partial charge in [-0.15, -0.1) is 0 Å². The van der Waals surface area contributed by atoms with Gasteiger partial charge in [-0.25, -0.2) is 0 Å². The first-order valence-electron chi connectivity index (χ1n) is 9.77. The minimum atomic E-state index is -0.408. The molecule has 3 N–H and O–H groups in total. The van der Waals surface area contributed by atoms with E-state index in [4.69, 9.17) is 10.5 Å². The Morgan fingerprint density at radius 2 is 1.83 bits per heavy atom. The average molecular weight is 334 g/mol. The number of benzene rings is 1. The van der Waals surface area contributed by atoms with Crippen molar-refractivity contribution < 1.29 is 9.84 Å². The molecule has 1 atom stereocenters. The number of aliphatic hydroxyl groups excluding tert-OH is 1. The molecule has 24 heavy (non-hydrogen) atoms. The molecule has 0 amide bonds. The Kier molecular flexibility index (Phi) is 8.07. The van der Waals surface area contributed by atoms with Crippen LogP contribution in [0.4, 0.5) is 0 Å². The Morgan fingerprint density at radius 3 is 2.46 bits per heavy atom. The van der Waals surface area contributed by atoms with E-state index in [1.54, 1.807) is 0 Å². The summed E-state index contributed by atoms with van der Waals surface area (Å²) in [5.41, 5.74) is 7.22. The Morgan fingerprint density at radius 1 is 1.12 bits per heavy atom. The van der Waals surface area contributed by atoms with Crippen LogP contribution in [0, 0.1) is 5.92 Å². The van der Waals surface area contributed by atoms with Crippen molar-refractivity contribution in [1.82, 2.24) is 0 Å². The summed E-state index contributed by atoms with van der Waals surface area (Å²) in [5, 5.41) is 9.61. The number of nitrogens with two attached hydrogens (primary N) is 1. The average Bonchev–Trinajstić information content (AvgIpc) is 3.41. The van der Waals surface area contributed by atoms with Gasteiger partial charge >= 0.3 is 0 Å². The van der Waals surface area contributed by atoms with Crippen molar-refractivity contribution in [1.29, 1.82) is 0 Å². The lowest BCUT2D eigenvalue weighted by atomic mass is 9.88. The molecule has 0 radical (unpaired) electrons. The van der Waals surface area contributed by atoms with E-state index in [0.717, 1.165) is 44.0 Å². The summed E-state index contributed by atoms with van der Waals surface area (Å²) >= 11 is 0. The molecule has 136 valence electrons. The number of ether oxygens (including phenoxy) is 1. The molecule has 1 aliphatic rings. The van der Waals surface area contributed by atoms with Crippen LogP contribution < -0.4 is 10.5 Å². The van der Waals surface area contributed by atoms with Crippen molar-refractivity contribution in [2.75, 3.05) is 13.2 Å². The molecule has 2 rings (SSSR count). The van der Waals surface area contributed by atoms with Gasteiger partial charge in [0, 0.05) is 5.54 Å². The normalized spacial score (nSPS) is 16.8. The smallest absolute Gasteiger partial charge is 0.119 e. The lowest BCUT2D eigenvalue weighted by Crippen LogP contribution is -2.44. The largest absolute Gasteiger partial charge is 0.494 e. The minimum Gasteiger partial charge on any atom is -0.494 e. The van der Waals surface area contributed by atoms with Crippen molar-refractivity contribution in [3.63, 3.8) is 0 Å². The van der Waals surface area contributed by atoms with Gasteiger partial charge in [-0.2, -0.15) is 0 Å². The summed E-state index contributed by atoms with van der Waals surface area (Å²) in [6, 6.07) is 8.36. The van der Waals surface area contributed by atoms with Gasteiger partial charge in [-0.3, -0.25) is 0 Å². The van der Waals surface area contributed by atoms with Crippen LogP contribution in [-0.2, 0) is 6.42 Å². The second kappa shape index (κ2) is 10.0. The van der Waals surface area contributed by atoms with E-state index in [1.807, 2.05) is 0 Å². The first kappa shape index (κ1) is 19.3. The zero-order chi connectivity index (χ0) is 17.3. The number of hydrogen-bond donors (Lipinski definition) is 2. The Balaban J connectivity index is 1.67. The zero-order valence-corrected chi connectivity index (χ0v) is 15.3. The molecule has 0 spiro atoms. The molecule has 0 aliphatic heterocycles. The predicted octanol–water partition coefficient (Wildman–Crippen LogP) is 4.46. The molecule has 0 heterocycles. The molecular weight excluding hydrogens is 298 g/mol. The highest BCUT2D eigenvalue weighted by molar-refractivity contribution is 5.27. The van der Waals surface area contributed by atoms with Gasteiger partial charge in [0.05, 0.1) is 13.2 Å². The zero-order valence-electron chi connectivity index (χ0n) is 15.3. The van der Waals surface area contributed by atoms with Gasteiger partial charge in [-0.05, 0) is 49.3 Å². The van der Waals surface area contributed by atoms with E-state index < -0.39 is 5.54 Å². The van der Waals surface area contributed by atoms with Crippen LogP contribution in [0.5, 0.6) is 5.75 Å². The van der Waals surface area contributed by atoms with Crippen LogP contribution in [-0.4, -0.2) is 23.9 Å². The second-order valence-electron chi connectivity index (χ2n) is 7.57. The number of aryl methyl sites for hydroxylation is 1. The molecule has 3 heteroatoms. The quantitative estimate of drug-likeness (QED) is 0.524. The maximum Gasteiger partial charge on any atom is 0.119 e. The Hall–Kier alpha value is -1.06. The van der Waals surface area contributed by atoms with Gasteiger partial charge in [0.25, 0.3) is 0 Å². The molecule has 1 saturated carbocycles. The number of aliphatic hydroxyl groups is 1. The van der Waals surface area contributed by atoms with Crippen LogP contribution in [0.3, 0.4) is 0 Å². The topological polar surface area (TPSA) is 55.5 Å². The first-order valence-corrected chi connectivity index (χ1v) is 9.77. The predicted molar refractivity (Wildman–Crippen MR) is 100 cm³/mol. The van der Waals surface area contributed by atoms with Crippen molar-refractivity contribution in [3.8, 4) is 5.75 Å². The van der Waals surface area contributed by atoms with E-state index in [1.165, 1.54) is 44.1 Å².